The minimum Gasteiger partial charge on any atom is -0.492 e. The van der Waals surface area contributed by atoms with Crippen LogP contribution in [0, 0.1) is 5.92 Å². The number of nitrogens with one attached hydrogen (secondary N) is 1. The molecule has 3 aliphatic rings. The first-order valence-corrected chi connectivity index (χ1v) is 11.4. The number of piperidine rings is 1. The summed E-state index contributed by atoms with van der Waals surface area (Å²) in [5.74, 6) is 2.16. The van der Waals surface area contributed by atoms with Crippen molar-refractivity contribution in [2.75, 3.05) is 26.3 Å². The first-order valence-electron chi connectivity index (χ1n) is 11.4. The highest BCUT2D eigenvalue weighted by Crippen LogP contribution is 2.32. The largest absolute Gasteiger partial charge is 0.492 e. The lowest BCUT2D eigenvalue weighted by atomic mass is 9.97. The van der Waals surface area contributed by atoms with Crippen LogP contribution in [0.5, 0.6) is 17.2 Å². The van der Waals surface area contributed by atoms with E-state index in [-0.39, 0.29) is 18.4 Å². The molecule has 7 heteroatoms. The van der Waals surface area contributed by atoms with Gasteiger partial charge in [-0.3, -0.25) is 9.59 Å². The summed E-state index contributed by atoms with van der Waals surface area (Å²) in [7, 11) is 0. The summed E-state index contributed by atoms with van der Waals surface area (Å²) in [6, 6.07) is 15.1. The summed E-state index contributed by atoms with van der Waals surface area (Å²) in [6.45, 7) is 2.10. The van der Waals surface area contributed by atoms with Gasteiger partial charge < -0.3 is 24.4 Å². The smallest absolute Gasteiger partial charge is 0.267 e. The van der Waals surface area contributed by atoms with Gasteiger partial charge in [-0.1, -0.05) is 24.3 Å². The van der Waals surface area contributed by atoms with Gasteiger partial charge in [0.25, 0.3) is 11.8 Å². The molecule has 2 amide bonds. The third-order valence-corrected chi connectivity index (χ3v) is 6.23. The summed E-state index contributed by atoms with van der Waals surface area (Å²) in [4.78, 5) is 27.2. The third kappa shape index (κ3) is 4.66. The van der Waals surface area contributed by atoms with Crippen molar-refractivity contribution in [3.05, 3.63) is 54.1 Å². The summed E-state index contributed by atoms with van der Waals surface area (Å²) in [5, 5.41) is 3.02. The fourth-order valence-corrected chi connectivity index (χ4v) is 4.14. The molecule has 2 fully saturated rings. The number of hydrogen-bond donors (Lipinski definition) is 1. The number of carbonyl (C=O) groups excluding carboxylic acids is 2. The van der Waals surface area contributed by atoms with E-state index in [2.05, 4.69) is 5.32 Å². The van der Waals surface area contributed by atoms with Crippen LogP contribution in [-0.4, -0.2) is 55.2 Å². The maximum absolute atomic E-state index is 12.9. The Morgan fingerprint density at radius 2 is 1.69 bits per heavy atom. The summed E-state index contributed by atoms with van der Waals surface area (Å²) in [5.41, 5.74) is 0.585. The number of fused-ring (bicyclic) bond motifs is 1. The first kappa shape index (κ1) is 20.7. The molecule has 0 aromatic heterocycles. The van der Waals surface area contributed by atoms with Gasteiger partial charge in [-0.15, -0.1) is 0 Å². The lowest BCUT2D eigenvalue weighted by molar-refractivity contribution is -0.142. The van der Waals surface area contributed by atoms with E-state index < -0.39 is 6.10 Å². The van der Waals surface area contributed by atoms with Crippen LogP contribution in [0.1, 0.15) is 36.0 Å². The molecule has 2 aromatic rings. The van der Waals surface area contributed by atoms with Crippen LogP contribution in [0.15, 0.2) is 48.5 Å². The molecule has 2 aromatic carbocycles. The van der Waals surface area contributed by atoms with Gasteiger partial charge in [-0.05, 0) is 55.9 Å². The normalized spacial score (nSPS) is 20.5. The molecule has 0 bridgehead atoms. The van der Waals surface area contributed by atoms with Crippen molar-refractivity contribution < 1.29 is 23.8 Å². The minimum atomic E-state index is -0.602. The van der Waals surface area contributed by atoms with Gasteiger partial charge in [0.1, 0.15) is 12.4 Å². The maximum atomic E-state index is 12.9. The lowest BCUT2D eigenvalue weighted by Crippen LogP contribution is -2.49. The van der Waals surface area contributed by atoms with Crippen LogP contribution in [0.3, 0.4) is 0 Å². The number of hydrogen-bond acceptors (Lipinski definition) is 5. The van der Waals surface area contributed by atoms with Gasteiger partial charge in [-0.25, -0.2) is 0 Å². The molecule has 5 rings (SSSR count). The van der Waals surface area contributed by atoms with Gasteiger partial charge >= 0.3 is 0 Å². The number of likely N-dealkylation sites (tertiary alicyclic amines) is 1. The molecule has 7 nitrogen and oxygen atoms in total. The zero-order valence-electron chi connectivity index (χ0n) is 18.0. The summed E-state index contributed by atoms with van der Waals surface area (Å²) in [6.07, 6.45) is 3.21. The Balaban J connectivity index is 1.11. The number of nitrogens with zero attached hydrogens (tertiary/aromatic N) is 1. The molecular weight excluding hydrogens is 408 g/mol. The molecule has 1 unspecified atom stereocenters. The molecule has 1 saturated carbocycles. The van der Waals surface area contributed by atoms with Gasteiger partial charge in [0.05, 0.1) is 12.2 Å². The molecular formula is C25H28N2O5. The molecule has 0 radical (unpaired) electrons. The van der Waals surface area contributed by atoms with E-state index in [9.17, 15) is 9.59 Å². The number of rotatable bonds is 6. The SMILES string of the molecule is O=C(NC1CC1)c1ccccc1OCC1CCN(C(=O)C2COc3ccccc3O2)CC1. The third-order valence-electron chi connectivity index (χ3n) is 6.23. The number of carbonyl (C=O) groups is 2. The van der Waals surface area contributed by atoms with Crippen molar-refractivity contribution >= 4 is 11.8 Å². The molecule has 2 aliphatic heterocycles. The zero-order chi connectivity index (χ0) is 21.9. The fourth-order valence-electron chi connectivity index (χ4n) is 4.14. The highest BCUT2D eigenvalue weighted by molar-refractivity contribution is 5.97. The van der Waals surface area contributed by atoms with E-state index in [1.54, 1.807) is 6.07 Å². The average molecular weight is 437 g/mol. The number of para-hydroxylation sites is 3. The fraction of sp³-hybridized carbons (Fsp3) is 0.440. The highest BCUT2D eigenvalue weighted by Gasteiger charge is 2.33. The van der Waals surface area contributed by atoms with Crippen molar-refractivity contribution in [3.63, 3.8) is 0 Å². The Morgan fingerprint density at radius 3 is 2.47 bits per heavy atom. The second kappa shape index (κ2) is 9.10. The zero-order valence-corrected chi connectivity index (χ0v) is 18.0. The van der Waals surface area contributed by atoms with Crippen LogP contribution in [0.25, 0.3) is 0 Å². The second-order valence-corrected chi connectivity index (χ2v) is 8.69. The number of benzene rings is 2. The van der Waals surface area contributed by atoms with Crippen LogP contribution < -0.4 is 19.5 Å². The highest BCUT2D eigenvalue weighted by atomic mass is 16.6. The van der Waals surface area contributed by atoms with Crippen molar-refractivity contribution in [2.45, 2.75) is 37.8 Å². The van der Waals surface area contributed by atoms with Gasteiger partial charge in [-0.2, -0.15) is 0 Å². The van der Waals surface area contributed by atoms with E-state index in [0.29, 0.717) is 54.5 Å². The predicted molar refractivity (Wildman–Crippen MR) is 118 cm³/mol. The standard InChI is InChI=1S/C25H28N2O5/c28-24(26-18-9-10-18)19-5-1-2-6-20(19)30-15-17-11-13-27(14-12-17)25(29)23-16-31-21-7-3-4-8-22(21)32-23/h1-8,17-18,23H,9-16H2,(H,26,28). The molecule has 2 heterocycles. The second-order valence-electron chi connectivity index (χ2n) is 8.69. The Bertz CT molecular complexity index is 982. The van der Waals surface area contributed by atoms with Gasteiger partial charge in [0.15, 0.2) is 11.5 Å². The average Bonchev–Trinajstić information content (AvgIpc) is 3.66. The van der Waals surface area contributed by atoms with E-state index in [4.69, 9.17) is 14.2 Å². The lowest BCUT2D eigenvalue weighted by Gasteiger charge is -2.35. The number of ether oxygens (including phenoxy) is 3. The molecule has 168 valence electrons. The Kier molecular flexibility index (Phi) is 5.88. The van der Waals surface area contributed by atoms with E-state index >= 15 is 0 Å². The molecule has 1 saturated heterocycles. The van der Waals surface area contributed by atoms with Crippen LogP contribution in [-0.2, 0) is 4.79 Å². The van der Waals surface area contributed by atoms with E-state index in [1.165, 1.54) is 0 Å². The van der Waals surface area contributed by atoms with Crippen molar-refractivity contribution in [1.82, 2.24) is 10.2 Å². The topological polar surface area (TPSA) is 77.1 Å². The van der Waals surface area contributed by atoms with Gasteiger partial charge in [0.2, 0.25) is 6.10 Å². The van der Waals surface area contributed by atoms with Crippen molar-refractivity contribution in [2.24, 2.45) is 5.92 Å². The molecule has 1 N–H and O–H groups in total. The predicted octanol–water partition coefficient (Wildman–Crippen LogP) is 3.04. The van der Waals surface area contributed by atoms with Crippen LogP contribution in [0.4, 0.5) is 0 Å². The van der Waals surface area contributed by atoms with E-state index in [0.717, 1.165) is 25.7 Å². The molecule has 1 aliphatic carbocycles. The van der Waals surface area contributed by atoms with Crippen molar-refractivity contribution in [3.8, 4) is 17.2 Å². The molecule has 1 atom stereocenters. The molecule has 32 heavy (non-hydrogen) atoms. The summed E-state index contributed by atoms with van der Waals surface area (Å²) >= 11 is 0. The quantitative estimate of drug-likeness (QED) is 0.753. The van der Waals surface area contributed by atoms with E-state index in [1.807, 2.05) is 47.4 Å². The van der Waals surface area contributed by atoms with Crippen LogP contribution >= 0.6 is 0 Å². The minimum absolute atomic E-state index is 0.0269. The Hall–Kier alpha value is -3.22. The van der Waals surface area contributed by atoms with Crippen LogP contribution in [0.2, 0.25) is 0 Å². The first-order chi connectivity index (χ1) is 15.7. The van der Waals surface area contributed by atoms with Crippen molar-refractivity contribution in [1.29, 1.82) is 0 Å². The Labute approximate surface area is 187 Å². The molecule has 0 spiro atoms. The van der Waals surface area contributed by atoms with Gasteiger partial charge in [0, 0.05) is 19.1 Å². The summed E-state index contributed by atoms with van der Waals surface area (Å²) < 4.78 is 17.6. The number of amides is 2. The maximum Gasteiger partial charge on any atom is 0.267 e. The monoisotopic (exact) mass is 436 g/mol. The Morgan fingerprint density at radius 1 is 0.969 bits per heavy atom.